The van der Waals surface area contributed by atoms with Crippen LogP contribution < -0.4 is 15.8 Å². The molecule has 112 valence electrons. The molecule has 0 fully saturated rings. The van der Waals surface area contributed by atoms with E-state index in [-0.39, 0.29) is 12.1 Å². The van der Waals surface area contributed by atoms with E-state index in [9.17, 15) is 0 Å². The lowest BCUT2D eigenvalue weighted by Gasteiger charge is -2.20. The molecule has 0 spiro atoms. The highest BCUT2D eigenvalue weighted by atomic mass is 16.5. The van der Waals surface area contributed by atoms with Crippen molar-refractivity contribution in [1.82, 2.24) is 0 Å². The van der Waals surface area contributed by atoms with Gasteiger partial charge in [-0.05, 0) is 31.9 Å². The molecule has 0 heterocycles. The van der Waals surface area contributed by atoms with E-state index in [0.29, 0.717) is 5.69 Å². The number of hydrogen-bond acceptors (Lipinski definition) is 3. The second-order valence-electron chi connectivity index (χ2n) is 5.47. The summed E-state index contributed by atoms with van der Waals surface area (Å²) < 4.78 is 5.74. The maximum absolute atomic E-state index is 5.97. The Morgan fingerprint density at radius 2 is 1.81 bits per heavy atom. The number of benzene rings is 2. The van der Waals surface area contributed by atoms with Gasteiger partial charge in [-0.25, -0.2) is 0 Å². The minimum absolute atomic E-state index is 0.135. The molecule has 0 saturated heterocycles. The van der Waals surface area contributed by atoms with Gasteiger partial charge in [-0.3, -0.25) is 0 Å². The Kier molecular flexibility index (Phi) is 5.09. The van der Waals surface area contributed by atoms with E-state index in [1.807, 2.05) is 38.1 Å². The molecule has 1 atom stereocenters. The van der Waals surface area contributed by atoms with E-state index in [4.69, 9.17) is 10.5 Å². The fourth-order valence-corrected chi connectivity index (χ4v) is 2.35. The van der Waals surface area contributed by atoms with Gasteiger partial charge in [0.15, 0.2) is 0 Å². The molecule has 2 aromatic rings. The normalized spacial score (nSPS) is 12.2. The maximum Gasteiger partial charge on any atom is 0.123 e. The molecule has 0 aliphatic heterocycles. The predicted molar refractivity (Wildman–Crippen MR) is 89.7 cm³/mol. The summed E-state index contributed by atoms with van der Waals surface area (Å²) in [6.45, 7) is 6.19. The van der Waals surface area contributed by atoms with E-state index in [0.717, 1.165) is 17.9 Å². The fourth-order valence-electron chi connectivity index (χ4n) is 2.35. The van der Waals surface area contributed by atoms with Crippen LogP contribution in [-0.2, 0) is 0 Å². The van der Waals surface area contributed by atoms with Crippen LogP contribution >= 0.6 is 0 Å². The molecule has 3 heteroatoms. The first-order valence-corrected chi connectivity index (χ1v) is 7.47. The van der Waals surface area contributed by atoms with Crippen molar-refractivity contribution < 1.29 is 4.74 Å². The summed E-state index contributed by atoms with van der Waals surface area (Å²) in [6.07, 6.45) is 1.13. The molecule has 3 nitrogen and oxygen atoms in total. The topological polar surface area (TPSA) is 47.3 Å². The zero-order valence-electron chi connectivity index (χ0n) is 13.0. The van der Waals surface area contributed by atoms with Gasteiger partial charge in [-0.15, -0.1) is 0 Å². The van der Waals surface area contributed by atoms with Crippen molar-refractivity contribution in [3.8, 4) is 5.75 Å². The molecule has 21 heavy (non-hydrogen) atoms. The van der Waals surface area contributed by atoms with Crippen molar-refractivity contribution in [1.29, 1.82) is 0 Å². The molecule has 0 saturated carbocycles. The minimum Gasteiger partial charge on any atom is -0.491 e. The van der Waals surface area contributed by atoms with Crippen LogP contribution in [-0.4, -0.2) is 6.10 Å². The Balaban J connectivity index is 2.19. The van der Waals surface area contributed by atoms with Gasteiger partial charge in [0.2, 0.25) is 0 Å². The third-order valence-corrected chi connectivity index (χ3v) is 3.25. The highest BCUT2D eigenvalue weighted by Gasteiger charge is 2.10. The van der Waals surface area contributed by atoms with Crippen LogP contribution in [0.5, 0.6) is 5.75 Å². The Labute approximate surface area is 127 Å². The molecule has 0 bridgehead atoms. The molecule has 0 radical (unpaired) electrons. The first-order valence-electron chi connectivity index (χ1n) is 7.47. The second kappa shape index (κ2) is 7.02. The summed E-state index contributed by atoms with van der Waals surface area (Å²) >= 11 is 0. The summed E-state index contributed by atoms with van der Waals surface area (Å²) in [4.78, 5) is 0. The van der Waals surface area contributed by atoms with Crippen LogP contribution in [0.3, 0.4) is 0 Å². The van der Waals surface area contributed by atoms with E-state index in [2.05, 4.69) is 36.5 Å². The van der Waals surface area contributed by atoms with Crippen LogP contribution in [0, 0.1) is 0 Å². The molecular weight excluding hydrogens is 260 g/mol. The third kappa shape index (κ3) is 4.42. The first-order chi connectivity index (χ1) is 10.1. The van der Waals surface area contributed by atoms with Crippen LogP contribution in [0.25, 0.3) is 0 Å². The molecule has 0 amide bonds. The van der Waals surface area contributed by atoms with E-state index < -0.39 is 0 Å². The molecule has 2 rings (SSSR count). The zero-order chi connectivity index (χ0) is 15.2. The Morgan fingerprint density at radius 3 is 2.43 bits per heavy atom. The molecule has 1 unspecified atom stereocenters. The fraction of sp³-hybridized carbons (Fsp3) is 0.333. The summed E-state index contributed by atoms with van der Waals surface area (Å²) in [7, 11) is 0. The number of hydrogen-bond donors (Lipinski definition) is 2. The van der Waals surface area contributed by atoms with Gasteiger partial charge in [0.05, 0.1) is 12.1 Å². The summed E-state index contributed by atoms with van der Waals surface area (Å²) in [5, 5.41) is 3.54. The Bertz CT molecular complexity index is 567. The number of nitrogens with two attached hydrogens (primary N) is 1. The number of nitrogen functional groups attached to an aromatic ring is 1. The third-order valence-electron chi connectivity index (χ3n) is 3.25. The van der Waals surface area contributed by atoms with Gasteiger partial charge in [-0.2, -0.15) is 0 Å². The minimum atomic E-state index is 0.135. The van der Waals surface area contributed by atoms with E-state index in [1.165, 1.54) is 5.56 Å². The molecule has 3 N–H and O–H groups in total. The molecule has 0 aliphatic carbocycles. The van der Waals surface area contributed by atoms with Gasteiger partial charge < -0.3 is 15.8 Å². The molecule has 0 aromatic heterocycles. The Morgan fingerprint density at radius 1 is 1.10 bits per heavy atom. The summed E-state index contributed by atoms with van der Waals surface area (Å²) in [5.74, 6) is 0.801. The lowest BCUT2D eigenvalue weighted by Crippen LogP contribution is -2.11. The van der Waals surface area contributed by atoms with Crippen LogP contribution in [0.15, 0.2) is 48.5 Å². The van der Waals surface area contributed by atoms with Crippen LogP contribution in [0.1, 0.15) is 38.8 Å². The largest absolute Gasteiger partial charge is 0.491 e. The van der Waals surface area contributed by atoms with Gasteiger partial charge >= 0.3 is 0 Å². The average molecular weight is 284 g/mol. The number of ether oxygens (including phenoxy) is 1. The lowest BCUT2D eigenvalue weighted by molar-refractivity contribution is 0.242. The molecule has 0 aliphatic rings. The summed E-state index contributed by atoms with van der Waals surface area (Å²) in [6, 6.07) is 16.5. The number of anilines is 2. The highest BCUT2D eigenvalue weighted by molar-refractivity contribution is 5.60. The maximum atomic E-state index is 5.97. The van der Waals surface area contributed by atoms with E-state index in [1.54, 1.807) is 0 Å². The standard InChI is InChI=1S/C18H24N2O/c1-4-18(14-8-6-5-7-9-14)20-16-10-15(19)11-17(12-16)21-13(2)3/h5-13,18,20H,4,19H2,1-3H3. The lowest BCUT2D eigenvalue weighted by atomic mass is 10.0. The van der Waals surface area contributed by atoms with Crippen molar-refractivity contribution in [3.05, 3.63) is 54.1 Å². The van der Waals surface area contributed by atoms with Crippen LogP contribution in [0.4, 0.5) is 11.4 Å². The van der Waals surface area contributed by atoms with Crippen molar-refractivity contribution >= 4 is 11.4 Å². The quantitative estimate of drug-likeness (QED) is 0.761. The summed E-state index contributed by atoms with van der Waals surface area (Å²) in [5.41, 5.74) is 8.94. The molecular formula is C18H24N2O. The van der Waals surface area contributed by atoms with Gasteiger partial charge in [-0.1, -0.05) is 37.3 Å². The average Bonchev–Trinajstić information content (AvgIpc) is 2.44. The van der Waals surface area contributed by atoms with Crippen molar-refractivity contribution in [2.45, 2.75) is 39.3 Å². The highest BCUT2D eigenvalue weighted by Crippen LogP contribution is 2.28. The molecule has 2 aromatic carbocycles. The van der Waals surface area contributed by atoms with Crippen molar-refractivity contribution in [3.63, 3.8) is 0 Å². The van der Waals surface area contributed by atoms with Gasteiger partial charge in [0, 0.05) is 23.5 Å². The first kappa shape index (κ1) is 15.2. The van der Waals surface area contributed by atoms with Crippen molar-refractivity contribution in [2.24, 2.45) is 0 Å². The number of rotatable bonds is 6. The second-order valence-corrected chi connectivity index (χ2v) is 5.47. The van der Waals surface area contributed by atoms with Crippen molar-refractivity contribution in [2.75, 3.05) is 11.1 Å². The Hall–Kier alpha value is -2.16. The zero-order valence-corrected chi connectivity index (χ0v) is 13.0. The SMILES string of the molecule is CCC(Nc1cc(N)cc(OC(C)C)c1)c1ccccc1. The van der Waals surface area contributed by atoms with E-state index >= 15 is 0 Å². The monoisotopic (exact) mass is 284 g/mol. The predicted octanol–water partition coefficient (Wildman–Crippen LogP) is 4.62. The van der Waals surface area contributed by atoms with Gasteiger partial charge in [0.1, 0.15) is 5.75 Å². The number of nitrogens with one attached hydrogen (secondary N) is 1. The smallest absolute Gasteiger partial charge is 0.123 e. The van der Waals surface area contributed by atoms with Gasteiger partial charge in [0.25, 0.3) is 0 Å². The van der Waals surface area contributed by atoms with Crippen LogP contribution in [0.2, 0.25) is 0 Å².